The number of carbonyl (C=O) groups is 1. The van der Waals surface area contributed by atoms with E-state index in [1.54, 1.807) is 0 Å². The van der Waals surface area contributed by atoms with Gasteiger partial charge in [0.2, 0.25) is 0 Å². The number of likely N-dealkylation sites (tertiary alicyclic amines) is 1. The molecule has 0 saturated carbocycles. The van der Waals surface area contributed by atoms with E-state index in [2.05, 4.69) is 68.2 Å². The van der Waals surface area contributed by atoms with Gasteiger partial charge in [0.1, 0.15) is 5.78 Å². The van der Waals surface area contributed by atoms with Crippen molar-refractivity contribution in [3.05, 3.63) is 0 Å². The molecular formula is C23H44I3N2O3-. The molecule has 4 rings (SSSR count). The van der Waals surface area contributed by atoms with Crippen LogP contribution in [0.5, 0.6) is 0 Å². The third kappa shape index (κ3) is 14.6. The second-order valence-corrected chi connectivity index (χ2v) is 25.7. The van der Waals surface area contributed by atoms with Gasteiger partial charge in [-0.1, -0.05) is 13.8 Å². The number of halogens is 3. The van der Waals surface area contributed by atoms with Gasteiger partial charge >= 0.3 is 50.5 Å². The minimum absolute atomic E-state index is 0.339. The summed E-state index contributed by atoms with van der Waals surface area (Å²) in [5.74, 6) is 2.25. The fraction of sp³-hybridized carbons (Fsp3) is 0.957. The molecule has 0 bridgehead atoms. The Kier molecular flexibility index (Phi) is 18.8. The Balaban J connectivity index is 0.000000238. The van der Waals surface area contributed by atoms with Gasteiger partial charge in [0, 0.05) is 31.6 Å². The summed E-state index contributed by atoms with van der Waals surface area (Å²) in [5.41, 5.74) is 0.443. The smallest absolute Gasteiger partial charge is 0.137 e. The summed E-state index contributed by atoms with van der Waals surface area (Å²) >= 11 is 5.30. The number of Topliss-reactive ketones (excluding diaryl/α,β-unsaturated/α-hetero) is 1. The number of hydrogen-bond acceptors (Lipinski definition) is 5. The van der Waals surface area contributed by atoms with Gasteiger partial charge in [-0.15, -0.1) is 0 Å². The molecular weight excluding hydrogens is 733 g/mol. The van der Waals surface area contributed by atoms with E-state index < -0.39 is 0 Å². The van der Waals surface area contributed by atoms with Gasteiger partial charge in [-0.3, -0.25) is 9.69 Å². The van der Waals surface area contributed by atoms with Gasteiger partial charge in [-0.05, 0) is 83.5 Å². The van der Waals surface area contributed by atoms with Crippen LogP contribution >= 0.6 is 37.2 Å². The molecule has 0 atom stereocenters. The monoisotopic (exact) mass is 777 g/mol. The molecule has 0 aromatic rings. The van der Waals surface area contributed by atoms with Crippen LogP contribution in [0.15, 0.2) is 0 Å². The first-order valence-electron chi connectivity index (χ1n) is 11.9. The maximum Gasteiger partial charge on any atom is 0.137 e. The molecule has 186 valence electrons. The number of ether oxygens (including phenoxy) is 2. The van der Waals surface area contributed by atoms with Crippen molar-refractivity contribution in [2.45, 2.75) is 77.7 Å². The molecule has 0 spiro atoms. The second-order valence-electron chi connectivity index (χ2n) is 9.42. The molecule has 0 aromatic heterocycles. The first kappa shape index (κ1) is 30.7. The van der Waals surface area contributed by atoms with Gasteiger partial charge in [0.25, 0.3) is 0 Å². The molecule has 0 amide bonds. The van der Waals surface area contributed by atoms with Crippen molar-refractivity contribution in [3.8, 4) is 0 Å². The van der Waals surface area contributed by atoms with Crippen LogP contribution in [0.1, 0.15) is 72.1 Å². The molecule has 5 nitrogen and oxygen atoms in total. The predicted octanol–water partition coefficient (Wildman–Crippen LogP) is 2.43. The molecule has 4 aliphatic heterocycles. The summed E-state index contributed by atoms with van der Waals surface area (Å²) in [5, 5.41) is 3.32. The minimum Gasteiger partial charge on any atom is -0.381 e. The maximum atomic E-state index is 10.4. The van der Waals surface area contributed by atoms with Crippen LogP contribution < -0.4 is 18.6 Å². The van der Waals surface area contributed by atoms with E-state index in [0.717, 1.165) is 25.0 Å². The van der Waals surface area contributed by atoms with E-state index in [9.17, 15) is 4.79 Å². The van der Waals surface area contributed by atoms with Crippen molar-refractivity contribution in [2.75, 3.05) is 52.6 Å². The van der Waals surface area contributed by atoms with Gasteiger partial charge in [-0.25, -0.2) is 0 Å². The Morgan fingerprint density at radius 1 is 0.903 bits per heavy atom. The summed E-state index contributed by atoms with van der Waals surface area (Å²) in [7, 11) is 0. The largest absolute Gasteiger partial charge is 0.381 e. The Morgan fingerprint density at radius 3 is 1.74 bits per heavy atom. The van der Waals surface area contributed by atoms with E-state index >= 15 is 0 Å². The Bertz CT molecular complexity index is 443. The van der Waals surface area contributed by atoms with Crippen LogP contribution in [-0.2, 0) is 14.3 Å². The molecule has 0 aromatic carbocycles. The average molecular weight is 777 g/mol. The van der Waals surface area contributed by atoms with E-state index in [4.69, 9.17) is 9.47 Å². The topological polar surface area (TPSA) is 50.8 Å². The molecule has 4 heterocycles. The zero-order valence-corrected chi connectivity index (χ0v) is 26.2. The van der Waals surface area contributed by atoms with E-state index in [-0.39, 0.29) is 0 Å². The van der Waals surface area contributed by atoms with Crippen molar-refractivity contribution < 1.29 is 27.5 Å². The zero-order chi connectivity index (χ0) is 23.0. The molecule has 0 aliphatic carbocycles. The standard InChI is InChI=1S/C12H23NO.C6H13N.C5H8O2.I3/c1-11-3-7-13(8-4-11)12(2)5-9-14-10-6-12;1-6-2-4-7-5-3-6;6-5-1-3-7-4-2-5;1-3-2/h11H,3-10H2,1-2H3;6-7H,2-5H2,1H3;1-4H2;/q;;;-1. The van der Waals surface area contributed by atoms with Crippen LogP contribution in [0, 0.1) is 11.8 Å². The molecule has 4 saturated heterocycles. The normalized spacial score (nSPS) is 25.3. The Labute approximate surface area is 220 Å². The fourth-order valence-corrected chi connectivity index (χ4v) is 4.24. The average Bonchev–Trinajstić information content (AvgIpc) is 2.77. The first-order valence-corrected chi connectivity index (χ1v) is 24.5. The maximum absolute atomic E-state index is 10.4. The molecule has 0 radical (unpaired) electrons. The second kappa shape index (κ2) is 19.0. The summed E-state index contributed by atoms with van der Waals surface area (Å²) in [6.07, 6.45) is 9.22. The van der Waals surface area contributed by atoms with Crippen LogP contribution in [0.3, 0.4) is 0 Å². The number of ketones is 1. The van der Waals surface area contributed by atoms with E-state index in [1.807, 2.05) is 0 Å². The van der Waals surface area contributed by atoms with Gasteiger partial charge in [0.15, 0.2) is 0 Å². The molecule has 4 fully saturated rings. The molecule has 0 unspecified atom stereocenters. The number of rotatable bonds is 1. The number of hydrogen-bond donors (Lipinski definition) is 1. The van der Waals surface area contributed by atoms with Crippen molar-refractivity contribution in [2.24, 2.45) is 11.8 Å². The number of piperidine rings is 2. The van der Waals surface area contributed by atoms with E-state index in [1.165, 1.54) is 64.7 Å². The SMILES string of the molecule is CC1CCN(C2(C)CCOCC2)CC1.CC1CCNCC1.I[I-]I.O=C1CCOCC1. The third-order valence-electron chi connectivity index (χ3n) is 6.80. The minimum atomic E-state index is 0.339. The number of nitrogens with zero attached hydrogens (tertiary/aromatic N) is 1. The van der Waals surface area contributed by atoms with Crippen LogP contribution in [0.4, 0.5) is 0 Å². The summed E-state index contributed by atoms with van der Waals surface area (Å²) in [4.78, 5) is 13.1. The molecule has 4 aliphatic rings. The van der Waals surface area contributed by atoms with Gasteiger partial charge in [0.05, 0.1) is 13.2 Å². The molecule has 8 heteroatoms. The predicted molar refractivity (Wildman–Crippen MR) is 143 cm³/mol. The first-order chi connectivity index (χ1) is 14.9. The quantitative estimate of drug-likeness (QED) is 0.416. The van der Waals surface area contributed by atoms with Crippen molar-refractivity contribution in [1.82, 2.24) is 10.2 Å². The van der Waals surface area contributed by atoms with Gasteiger partial charge < -0.3 is 14.8 Å². The van der Waals surface area contributed by atoms with Gasteiger partial charge in [-0.2, -0.15) is 0 Å². The summed E-state index contributed by atoms with van der Waals surface area (Å²) in [6, 6.07) is 0. The van der Waals surface area contributed by atoms with Crippen molar-refractivity contribution in [1.29, 1.82) is 0 Å². The number of carbonyl (C=O) groups excluding carboxylic acids is 1. The van der Waals surface area contributed by atoms with Crippen LogP contribution in [-0.4, -0.2) is 68.8 Å². The Hall–Kier alpha value is 1.70. The van der Waals surface area contributed by atoms with Crippen molar-refractivity contribution in [3.63, 3.8) is 0 Å². The summed E-state index contributed by atoms with van der Waals surface area (Å²) < 4.78 is 10.4. The Morgan fingerprint density at radius 2 is 1.35 bits per heavy atom. The molecule has 31 heavy (non-hydrogen) atoms. The third-order valence-corrected chi connectivity index (χ3v) is 6.80. The number of nitrogens with one attached hydrogen (secondary N) is 1. The molecule has 1 N–H and O–H groups in total. The van der Waals surface area contributed by atoms with Crippen LogP contribution in [0.25, 0.3) is 0 Å². The summed E-state index contributed by atoms with van der Waals surface area (Å²) in [6.45, 7) is 15.4. The van der Waals surface area contributed by atoms with Crippen molar-refractivity contribution >= 4 is 43.0 Å². The van der Waals surface area contributed by atoms with E-state index in [0.29, 0.717) is 50.6 Å². The van der Waals surface area contributed by atoms with Crippen LogP contribution in [0.2, 0.25) is 0 Å². The zero-order valence-electron chi connectivity index (χ0n) is 19.8. The fourth-order valence-electron chi connectivity index (χ4n) is 4.24.